The molecule has 0 radical (unpaired) electrons. The lowest BCUT2D eigenvalue weighted by molar-refractivity contribution is 0.415. The average Bonchev–Trinajstić information content (AvgIpc) is 3.36. The van der Waals surface area contributed by atoms with Crippen molar-refractivity contribution in [1.29, 1.82) is 0 Å². The molecule has 0 unspecified atom stereocenters. The molecule has 0 saturated heterocycles. The normalized spacial score (nSPS) is 11.6. The molecular formula is C24H17FN4O3S2. The van der Waals surface area contributed by atoms with Crippen LogP contribution in [0, 0.1) is 5.82 Å². The Balaban J connectivity index is 1.60. The molecule has 10 heteroatoms. The third-order valence-corrected chi connectivity index (χ3v) is 7.84. The van der Waals surface area contributed by atoms with Crippen molar-refractivity contribution >= 4 is 31.9 Å². The van der Waals surface area contributed by atoms with Crippen molar-refractivity contribution in [2.45, 2.75) is 10.6 Å². The number of hydrogen-bond donors (Lipinski definition) is 0. The lowest BCUT2D eigenvalue weighted by atomic mass is 9.99. The second kappa shape index (κ2) is 8.88. The molecule has 0 atom stereocenters. The van der Waals surface area contributed by atoms with Crippen molar-refractivity contribution in [3.63, 3.8) is 0 Å². The summed E-state index contributed by atoms with van der Waals surface area (Å²) in [5.41, 5.74) is 3.43. The highest BCUT2D eigenvalue weighted by molar-refractivity contribution is 7.90. The minimum atomic E-state index is -3.61. The van der Waals surface area contributed by atoms with Gasteiger partial charge in [0.05, 0.1) is 17.7 Å². The number of rotatable bonds is 6. The molecule has 0 aliphatic rings. The summed E-state index contributed by atoms with van der Waals surface area (Å²) in [5.74, 6) is -0.234. The van der Waals surface area contributed by atoms with Gasteiger partial charge in [0, 0.05) is 40.7 Å². The molecule has 0 spiro atoms. The van der Waals surface area contributed by atoms with E-state index in [4.69, 9.17) is 4.74 Å². The van der Waals surface area contributed by atoms with Crippen LogP contribution in [-0.2, 0) is 15.6 Å². The maximum absolute atomic E-state index is 15.1. The van der Waals surface area contributed by atoms with E-state index in [0.717, 1.165) is 0 Å². The van der Waals surface area contributed by atoms with E-state index in [-0.39, 0.29) is 10.6 Å². The predicted octanol–water partition coefficient (Wildman–Crippen LogP) is 4.94. The highest BCUT2D eigenvalue weighted by Gasteiger charge is 2.20. The number of halogens is 1. The Labute approximate surface area is 198 Å². The monoisotopic (exact) mass is 492 g/mol. The molecule has 0 aliphatic carbocycles. The maximum atomic E-state index is 15.1. The number of pyridine rings is 2. The van der Waals surface area contributed by atoms with E-state index in [2.05, 4.69) is 20.2 Å². The van der Waals surface area contributed by atoms with E-state index < -0.39 is 15.7 Å². The summed E-state index contributed by atoms with van der Waals surface area (Å²) in [5, 5.41) is 9.27. The number of aromatic nitrogens is 4. The zero-order valence-corrected chi connectivity index (χ0v) is 19.5. The molecular weight excluding hydrogens is 475 g/mol. The van der Waals surface area contributed by atoms with Crippen molar-refractivity contribution in [2.24, 2.45) is 0 Å². The van der Waals surface area contributed by atoms with Gasteiger partial charge in [-0.3, -0.25) is 9.97 Å². The molecule has 3 aromatic heterocycles. The molecule has 0 bridgehead atoms. The van der Waals surface area contributed by atoms with E-state index >= 15 is 4.39 Å². The number of nitrogens with zero attached hydrogens (tertiary/aromatic N) is 4. The first-order valence-electron chi connectivity index (χ1n) is 10.1. The van der Waals surface area contributed by atoms with Crippen LogP contribution < -0.4 is 4.74 Å². The Kier molecular flexibility index (Phi) is 5.76. The first kappa shape index (κ1) is 22.1. The zero-order valence-electron chi connectivity index (χ0n) is 17.8. The lowest BCUT2D eigenvalue weighted by Gasteiger charge is -2.14. The SMILES string of the molecule is COc1cc(-c2cccnc2)c(F)cc1-c1nccc2cc(S(=O)(=O)Cc3nncs3)ccc12. The molecule has 5 rings (SSSR count). The van der Waals surface area contributed by atoms with Crippen molar-refractivity contribution in [1.82, 2.24) is 20.2 Å². The van der Waals surface area contributed by atoms with Crippen LogP contribution in [-0.4, -0.2) is 35.7 Å². The van der Waals surface area contributed by atoms with Crippen LogP contribution in [0.4, 0.5) is 4.39 Å². The van der Waals surface area contributed by atoms with Gasteiger partial charge >= 0.3 is 0 Å². The molecule has 3 heterocycles. The molecule has 2 aromatic carbocycles. The first-order chi connectivity index (χ1) is 16.5. The average molecular weight is 493 g/mol. The summed E-state index contributed by atoms with van der Waals surface area (Å²) < 4.78 is 46.4. The number of fused-ring (bicyclic) bond motifs is 1. The zero-order chi connectivity index (χ0) is 23.7. The highest BCUT2D eigenvalue weighted by atomic mass is 32.2. The number of benzene rings is 2. The van der Waals surface area contributed by atoms with Gasteiger partial charge in [-0.25, -0.2) is 12.8 Å². The smallest absolute Gasteiger partial charge is 0.184 e. The van der Waals surface area contributed by atoms with Crippen LogP contribution in [0.5, 0.6) is 5.75 Å². The number of sulfone groups is 1. The van der Waals surface area contributed by atoms with Crippen LogP contribution in [0.3, 0.4) is 0 Å². The molecule has 5 aromatic rings. The lowest BCUT2D eigenvalue weighted by Crippen LogP contribution is -2.05. The summed E-state index contributed by atoms with van der Waals surface area (Å²) in [6.45, 7) is 0. The number of methoxy groups -OCH3 is 1. The molecule has 34 heavy (non-hydrogen) atoms. The Morgan fingerprint density at radius 3 is 2.68 bits per heavy atom. The largest absolute Gasteiger partial charge is 0.496 e. The van der Waals surface area contributed by atoms with Crippen molar-refractivity contribution < 1.29 is 17.5 Å². The van der Waals surface area contributed by atoms with Crippen LogP contribution in [0.15, 0.2) is 77.5 Å². The predicted molar refractivity (Wildman–Crippen MR) is 128 cm³/mol. The van der Waals surface area contributed by atoms with Gasteiger partial charge in [-0.2, -0.15) is 0 Å². The van der Waals surface area contributed by atoms with Gasteiger partial charge < -0.3 is 4.74 Å². The van der Waals surface area contributed by atoms with Gasteiger partial charge in [0.25, 0.3) is 0 Å². The van der Waals surface area contributed by atoms with E-state index in [0.29, 0.717) is 43.9 Å². The molecule has 0 aliphatic heterocycles. The van der Waals surface area contributed by atoms with Crippen LogP contribution in [0.2, 0.25) is 0 Å². The topological polar surface area (TPSA) is 94.9 Å². The third-order valence-electron chi connectivity index (χ3n) is 5.33. The van der Waals surface area contributed by atoms with E-state index in [1.807, 2.05) is 0 Å². The van der Waals surface area contributed by atoms with Crippen molar-refractivity contribution in [3.8, 4) is 28.1 Å². The van der Waals surface area contributed by atoms with Crippen molar-refractivity contribution in [3.05, 3.63) is 83.5 Å². The molecule has 0 fully saturated rings. The van der Waals surface area contributed by atoms with Gasteiger partial charge in [-0.05, 0) is 41.8 Å². The van der Waals surface area contributed by atoms with Crippen LogP contribution in [0.25, 0.3) is 33.2 Å². The summed E-state index contributed by atoms with van der Waals surface area (Å²) in [7, 11) is -2.10. The second-order valence-corrected chi connectivity index (χ2v) is 10.3. The molecule has 0 saturated carbocycles. The highest BCUT2D eigenvalue weighted by Crippen LogP contribution is 2.38. The quantitative estimate of drug-likeness (QED) is 0.331. The molecule has 7 nitrogen and oxygen atoms in total. The Morgan fingerprint density at radius 2 is 1.94 bits per heavy atom. The van der Waals surface area contributed by atoms with Gasteiger partial charge in [-0.1, -0.05) is 12.1 Å². The summed E-state index contributed by atoms with van der Waals surface area (Å²) in [6, 6.07) is 13.0. The molecule has 0 amide bonds. The number of ether oxygens (including phenoxy) is 1. The second-order valence-electron chi connectivity index (χ2n) is 7.41. The van der Waals surface area contributed by atoms with Crippen LogP contribution >= 0.6 is 11.3 Å². The van der Waals surface area contributed by atoms with Gasteiger partial charge in [0.1, 0.15) is 27.8 Å². The van der Waals surface area contributed by atoms with Gasteiger partial charge in [0.2, 0.25) is 0 Å². The van der Waals surface area contributed by atoms with Gasteiger partial charge in [-0.15, -0.1) is 21.5 Å². The van der Waals surface area contributed by atoms with Gasteiger partial charge in [0.15, 0.2) is 9.84 Å². The third kappa shape index (κ3) is 4.13. The fourth-order valence-corrected chi connectivity index (χ4v) is 5.90. The summed E-state index contributed by atoms with van der Waals surface area (Å²) in [6.07, 6.45) is 4.76. The molecule has 0 N–H and O–H groups in total. The number of hydrogen-bond acceptors (Lipinski definition) is 8. The van der Waals surface area contributed by atoms with Crippen molar-refractivity contribution in [2.75, 3.05) is 7.11 Å². The van der Waals surface area contributed by atoms with E-state index in [1.165, 1.54) is 36.1 Å². The minimum Gasteiger partial charge on any atom is -0.496 e. The van der Waals surface area contributed by atoms with E-state index in [1.54, 1.807) is 55.0 Å². The Hall–Kier alpha value is -3.76. The fourth-order valence-electron chi connectivity index (χ4n) is 3.72. The standard InChI is InChI=1S/C24H17FN4O3S2/c1-32-22-11-19(16-3-2-7-26-12-16)21(25)10-20(22)24-18-5-4-17(9-15(18)6-8-27-24)34(30,31)13-23-29-28-14-33-23/h2-12,14H,13H2,1H3. The van der Waals surface area contributed by atoms with Crippen LogP contribution in [0.1, 0.15) is 5.01 Å². The Morgan fingerprint density at radius 1 is 1.06 bits per heavy atom. The summed E-state index contributed by atoms with van der Waals surface area (Å²) >= 11 is 1.19. The summed E-state index contributed by atoms with van der Waals surface area (Å²) in [4.78, 5) is 8.68. The Bertz CT molecular complexity index is 1590. The molecule has 170 valence electrons. The fraction of sp³-hybridized carbons (Fsp3) is 0.0833. The maximum Gasteiger partial charge on any atom is 0.184 e. The minimum absolute atomic E-state index is 0.164. The first-order valence-corrected chi connectivity index (χ1v) is 12.6. The van der Waals surface area contributed by atoms with E-state index in [9.17, 15) is 8.42 Å².